The molecule has 0 spiro atoms. The van der Waals surface area contributed by atoms with Crippen LogP contribution in [0.1, 0.15) is 37.6 Å². The molecule has 0 fully saturated rings. The number of carbonyl (C=O) groups excluding carboxylic acids is 1. The van der Waals surface area contributed by atoms with Crippen LogP contribution in [0.3, 0.4) is 0 Å². The van der Waals surface area contributed by atoms with E-state index in [2.05, 4.69) is 15.3 Å². The third-order valence-corrected chi connectivity index (χ3v) is 6.84. The van der Waals surface area contributed by atoms with E-state index in [-0.39, 0.29) is 18.4 Å². The van der Waals surface area contributed by atoms with Crippen molar-refractivity contribution in [2.24, 2.45) is 0 Å². The number of amides is 1. The topological polar surface area (TPSA) is 79.9 Å². The first-order valence-corrected chi connectivity index (χ1v) is 12.5. The van der Waals surface area contributed by atoms with Crippen LogP contribution >= 0.6 is 34.8 Å². The number of aromatic amines is 1. The summed E-state index contributed by atoms with van der Waals surface area (Å²) in [7, 11) is 0. The molecule has 9 heteroatoms. The fraction of sp³-hybridized carbons (Fsp3) is 0.222. The van der Waals surface area contributed by atoms with Gasteiger partial charge in [0.15, 0.2) is 0 Å². The van der Waals surface area contributed by atoms with E-state index in [9.17, 15) is 4.79 Å². The Balaban J connectivity index is 1.63. The van der Waals surface area contributed by atoms with Crippen LogP contribution in [-0.4, -0.2) is 26.5 Å². The molecule has 1 unspecified atom stereocenters. The van der Waals surface area contributed by atoms with E-state index in [0.717, 1.165) is 27.9 Å². The summed E-state index contributed by atoms with van der Waals surface area (Å²) in [6, 6.07) is 14.5. The molecule has 6 nitrogen and oxygen atoms in total. The third-order valence-electron chi connectivity index (χ3n) is 6.04. The van der Waals surface area contributed by atoms with Crippen LogP contribution in [0, 0.1) is 0 Å². The second-order valence-electron chi connectivity index (χ2n) is 9.35. The highest BCUT2D eigenvalue weighted by Gasteiger charge is 2.37. The van der Waals surface area contributed by atoms with Crippen LogP contribution < -0.4 is 10.1 Å². The van der Waals surface area contributed by atoms with E-state index in [4.69, 9.17) is 44.5 Å². The first kappa shape index (κ1) is 24.6. The highest BCUT2D eigenvalue weighted by atomic mass is 35.5. The summed E-state index contributed by atoms with van der Waals surface area (Å²) >= 11 is 18.9. The van der Waals surface area contributed by atoms with Crippen molar-refractivity contribution in [3.8, 4) is 28.3 Å². The van der Waals surface area contributed by atoms with Crippen molar-refractivity contribution in [3.05, 3.63) is 87.4 Å². The number of carbonyl (C=O) groups is 1. The Morgan fingerprint density at radius 3 is 2.53 bits per heavy atom. The summed E-state index contributed by atoms with van der Waals surface area (Å²) in [5.41, 5.74) is 4.11. The standard InChI is InChI=1S/C27H23Cl3N4O2/c1-27(2)12-23(33-24(35)10-18-13-31-14-32-18)21-11-20(15-3-5-16(28)6-4-15)25(34-26(21)36-27)19-8-7-17(29)9-22(19)30/h3-9,11,13-14,23H,10,12H2,1-2H3,(H,31,32)(H,33,35). The van der Waals surface area contributed by atoms with Crippen LogP contribution in [-0.2, 0) is 11.2 Å². The van der Waals surface area contributed by atoms with Crippen LogP contribution in [0.2, 0.25) is 15.1 Å². The number of H-pyrrole nitrogens is 1. The maximum Gasteiger partial charge on any atom is 0.226 e. The smallest absolute Gasteiger partial charge is 0.226 e. The van der Waals surface area contributed by atoms with Crippen LogP contribution in [0.25, 0.3) is 22.4 Å². The van der Waals surface area contributed by atoms with E-state index >= 15 is 0 Å². The number of rotatable bonds is 5. The largest absolute Gasteiger partial charge is 0.471 e. The lowest BCUT2D eigenvalue weighted by molar-refractivity contribution is -0.121. The van der Waals surface area contributed by atoms with Gasteiger partial charge in [-0.25, -0.2) is 9.97 Å². The number of hydrogen-bond donors (Lipinski definition) is 2. The van der Waals surface area contributed by atoms with E-state index in [1.54, 1.807) is 24.7 Å². The summed E-state index contributed by atoms with van der Waals surface area (Å²) in [5, 5.41) is 4.80. The minimum Gasteiger partial charge on any atom is -0.471 e. The predicted molar refractivity (Wildman–Crippen MR) is 143 cm³/mol. The second-order valence-corrected chi connectivity index (χ2v) is 10.6. The Kier molecular flexibility index (Phi) is 6.68. The van der Waals surface area contributed by atoms with E-state index < -0.39 is 5.60 Å². The zero-order valence-electron chi connectivity index (χ0n) is 19.6. The van der Waals surface area contributed by atoms with Gasteiger partial charge in [-0.15, -0.1) is 0 Å². The number of ether oxygens (including phenoxy) is 1. The molecule has 0 aliphatic carbocycles. The first-order chi connectivity index (χ1) is 17.2. The molecule has 1 aliphatic heterocycles. The van der Waals surface area contributed by atoms with E-state index in [0.29, 0.717) is 33.1 Å². The second kappa shape index (κ2) is 9.77. The molecule has 2 aromatic carbocycles. The van der Waals surface area contributed by atoms with Crippen molar-refractivity contribution in [3.63, 3.8) is 0 Å². The minimum atomic E-state index is -0.547. The quantitative estimate of drug-likeness (QED) is 0.283. The molecule has 0 saturated heterocycles. The minimum absolute atomic E-state index is 0.120. The molecule has 0 radical (unpaired) electrons. The van der Waals surface area contributed by atoms with Crippen LogP contribution in [0.5, 0.6) is 5.88 Å². The molecule has 4 aromatic rings. The van der Waals surface area contributed by atoms with Gasteiger partial charge in [0.05, 0.1) is 29.5 Å². The van der Waals surface area contributed by atoms with Crippen LogP contribution in [0.15, 0.2) is 61.1 Å². The maximum absolute atomic E-state index is 12.9. The van der Waals surface area contributed by atoms with Gasteiger partial charge in [0.25, 0.3) is 0 Å². The molecular formula is C27H23Cl3N4O2. The summed E-state index contributed by atoms with van der Waals surface area (Å²) in [6.45, 7) is 3.96. The van der Waals surface area contributed by atoms with Gasteiger partial charge in [0.1, 0.15) is 5.60 Å². The highest BCUT2D eigenvalue weighted by Crippen LogP contribution is 2.44. The van der Waals surface area contributed by atoms with Gasteiger partial charge in [-0.3, -0.25) is 4.79 Å². The third kappa shape index (κ3) is 5.21. The molecule has 1 amide bonds. The number of halogens is 3. The van der Waals surface area contributed by atoms with Crippen LogP contribution in [0.4, 0.5) is 0 Å². The molecule has 36 heavy (non-hydrogen) atoms. The zero-order chi connectivity index (χ0) is 25.4. The monoisotopic (exact) mass is 540 g/mol. The average Bonchev–Trinajstić information content (AvgIpc) is 3.31. The lowest BCUT2D eigenvalue weighted by Gasteiger charge is -2.37. The van der Waals surface area contributed by atoms with Crippen molar-refractivity contribution >= 4 is 40.7 Å². The normalized spacial score (nSPS) is 16.2. The SMILES string of the molecule is CC1(C)CC(NC(=O)Cc2cnc[nH]2)c2cc(-c3ccc(Cl)cc3)c(-c3ccc(Cl)cc3Cl)nc2O1. The van der Waals surface area contributed by atoms with Crippen molar-refractivity contribution < 1.29 is 9.53 Å². The first-order valence-electron chi connectivity index (χ1n) is 11.4. The molecule has 2 N–H and O–H groups in total. The maximum atomic E-state index is 12.9. The summed E-state index contributed by atoms with van der Waals surface area (Å²) < 4.78 is 6.30. The lowest BCUT2D eigenvalue weighted by Crippen LogP contribution is -2.42. The molecular weight excluding hydrogens is 519 g/mol. The van der Waals surface area contributed by atoms with Gasteiger partial charge in [-0.2, -0.15) is 0 Å². The lowest BCUT2D eigenvalue weighted by atomic mass is 9.88. The van der Waals surface area contributed by atoms with Crippen molar-refractivity contribution in [1.82, 2.24) is 20.3 Å². The van der Waals surface area contributed by atoms with Crippen molar-refractivity contribution in [2.45, 2.75) is 38.3 Å². The fourth-order valence-electron chi connectivity index (χ4n) is 4.41. The average molecular weight is 542 g/mol. The number of pyridine rings is 1. The van der Waals surface area contributed by atoms with Crippen molar-refractivity contribution in [2.75, 3.05) is 0 Å². The van der Waals surface area contributed by atoms with E-state index in [1.165, 1.54) is 0 Å². The Morgan fingerprint density at radius 1 is 1.08 bits per heavy atom. The predicted octanol–water partition coefficient (Wildman–Crippen LogP) is 7.06. The number of nitrogens with zero attached hydrogens (tertiary/aromatic N) is 2. The Bertz CT molecular complexity index is 1420. The number of hydrogen-bond acceptors (Lipinski definition) is 4. The zero-order valence-corrected chi connectivity index (χ0v) is 21.9. The summed E-state index contributed by atoms with van der Waals surface area (Å²) in [5.74, 6) is 0.336. The Labute approximate surface area is 224 Å². The van der Waals surface area contributed by atoms with Gasteiger partial charge in [0, 0.05) is 45.0 Å². The number of nitrogens with one attached hydrogen (secondary N) is 2. The molecule has 2 aromatic heterocycles. The number of benzene rings is 2. The van der Waals surface area contributed by atoms with E-state index in [1.807, 2.05) is 50.2 Å². The molecule has 5 rings (SSSR count). The summed E-state index contributed by atoms with van der Waals surface area (Å²) in [6.07, 6.45) is 3.98. The fourth-order valence-corrected chi connectivity index (χ4v) is 5.04. The Morgan fingerprint density at radius 2 is 1.83 bits per heavy atom. The molecule has 184 valence electrons. The molecule has 1 atom stereocenters. The number of fused-ring (bicyclic) bond motifs is 1. The summed E-state index contributed by atoms with van der Waals surface area (Å²) in [4.78, 5) is 24.8. The molecule has 0 saturated carbocycles. The van der Waals surface area contributed by atoms with Gasteiger partial charge < -0.3 is 15.0 Å². The van der Waals surface area contributed by atoms with Gasteiger partial charge in [-0.05, 0) is 55.8 Å². The number of aromatic nitrogens is 3. The highest BCUT2D eigenvalue weighted by molar-refractivity contribution is 6.36. The van der Waals surface area contributed by atoms with Gasteiger partial charge in [-0.1, -0.05) is 46.9 Å². The number of imidazole rings is 1. The molecule has 1 aliphatic rings. The molecule has 0 bridgehead atoms. The Hall–Kier alpha value is -3.06. The van der Waals surface area contributed by atoms with Gasteiger partial charge in [0.2, 0.25) is 11.8 Å². The van der Waals surface area contributed by atoms with Crippen molar-refractivity contribution in [1.29, 1.82) is 0 Å². The molecule has 3 heterocycles. The van der Waals surface area contributed by atoms with Gasteiger partial charge >= 0.3 is 0 Å².